The highest BCUT2D eigenvalue weighted by molar-refractivity contribution is 9.10. The van der Waals surface area contributed by atoms with Gasteiger partial charge in [0.25, 0.3) is 0 Å². The first-order chi connectivity index (χ1) is 8.60. The van der Waals surface area contributed by atoms with E-state index >= 15 is 0 Å². The van der Waals surface area contributed by atoms with Crippen molar-refractivity contribution < 1.29 is 14.2 Å². The van der Waals surface area contributed by atoms with Crippen LogP contribution in [0.2, 0.25) is 0 Å². The summed E-state index contributed by atoms with van der Waals surface area (Å²) >= 11 is 3.03. The van der Waals surface area contributed by atoms with Crippen LogP contribution >= 0.6 is 15.9 Å². The van der Waals surface area contributed by atoms with Crippen molar-refractivity contribution in [3.8, 4) is 6.07 Å². The smallest absolute Gasteiger partial charge is 0.161 e. The van der Waals surface area contributed by atoms with Crippen molar-refractivity contribution in [2.75, 3.05) is 25.6 Å². The maximum Gasteiger partial charge on any atom is 0.161 e. The Morgan fingerprint density at radius 2 is 2.33 bits per heavy atom. The van der Waals surface area contributed by atoms with Crippen molar-refractivity contribution in [2.45, 2.75) is 12.5 Å². The maximum absolute atomic E-state index is 13.8. The fourth-order valence-corrected chi connectivity index (χ4v) is 1.86. The Balaban J connectivity index is 2.59. The molecule has 0 saturated carbocycles. The normalized spacial score (nSPS) is 11.9. The summed E-state index contributed by atoms with van der Waals surface area (Å²) in [4.78, 5) is 0. The first-order valence-electron chi connectivity index (χ1n) is 5.39. The maximum atomic E-state index is 13.8. The summed E-state index contributed by atoms with van der Waals surface area (Å²) in [6.45, 7) is 0.668. The topological polar surface area (TPSA) is 65.3 Å². The third kappa shape index (κ3) is 3.95. The molecule has 98 valence electrons. The van der Waals surface area contributed by atoms with Gasteiger partial charge in [-0.05, 0) is 34.5 Å². The van der Waals surface area contributed by atoms with Gasteiger partial charge in [0.05, 0.1) is 28.4 Å². The number of methoxy groups -OCH3 is 1. The number of nitrogens with zero attached hydrogens (tertiary/aromatic N) is 1. The monoisotopic (exact) mass is 316 g/mol. The van der Waals surface area contributed by atoms with Gasteiger partial charge in [-0.25, -0.2) is 4.39 Å². The summed E-state index contributed by atoms with van der Waals surface area (Å²) in [5.41, 5.74) is 0.544. The minimum atomic E-state index is -0.576. The minimum Gasteiger partial charge on any atom is -0.391 e. The molecule has 0 aromatic heterocycles. The summed E-state index contributed by atoms with van der Waals surface area (Å²) in [6.07, 6.45) is -0.127. The standard InChI is InChI=1S/C12H14BrFN2O2/c1-18-7-9(17)4-5-16-10-3-2-8(6-15)11(13)12(10)14/h2-3,9,16-17H,4-5,7H2,1H3. The van der Waals surface area contributed by atoms with Crippen LogP contribution in [-0.4, -0.2) is 31.5 Å². The number of aliphatic hydroxyl groups excluding tert-OH is 1. The second-order valence-corrected chi connectivity index (χ2v) is 4.52. The third-order valence-electron chi connectivity index (χ3n) is 2.35. The number of rotatable bonds is 6. The molecule has 0 radical (unpaired) electrons. The lowest BCUT2D eigenvalue weighted by Gasteiger charge is -2.12. The molecule has 1 rings (SSSR count). The largest absolute Gasteiger partial charge is 0.391 e. The number of benzene rings is 1. The number of ether oxygens (including phenoxy) is 1. The first kappa shape index (κ1) is 14.9. The zero-order valence-electron chi connectivity index (χ0n) is 9.91. The van der Waals surface area contributed by atoms with Crippen LogP contribution in [0.4, 0.5) is 10.1 Å². The number of aliphatic hydroxyl groups is 1. The average molecular weight is 317 g/mol. The van der Waals surface area contributed by atoms with Gasteiger partial charge >= 0.3 is 0 Å². The highest BCUT2D eigenvalue weighted by atomic mass is 79.9. The lowest BCUT2D eigenvalue weighted by Crippen LogP contribution is -2.18. The van der Waals surface area contributed by atoms with Gasteiger partial charge in [0.15, 0.2) is 5.82 Å². The van der Waals surface area contributed by atoms with Gasteiger partial charge in [-0.2, -0.15) is 5.26 Å². The van der Waals surface area contributed by atoms with Gasteiger partial charge in [0.1, 0.15) is 6.07 Å². The molecule has 18 heavy (non-hydrogen) atoms. The van der Waals surface area contributed by atoms with Crippen LogP contribution in [0, 0.1) is 17.1 Å². The second-order valence-electron chi connectivity index (χ2n) is 3.73. The van der Waals surface area contributed by atoms with E-state index in [9.17, 15) is 9.50 Å². The Hall–Kier alpha value is -1.16. The second kappa shape index (κ2) is 7.31. The molecule has 0 saturated heterocycles. The van der Waals surface area contributed by atoms with Gasteiger partial charge in [-0.1, -0.05) is 0 Å². The fraction of sp³-hybridized carbons (Fsp3) is 0.417. The van der Waals surface area contributed by atoms with Gasteiger partial charge in [0, 0.05) is 13.7 Å². The van der Waals surface area contributed by atoms with Crippen molar-refractivity contribution in [2.24, 2.45) is 0 Å². The summed E-state index contributed by atoms with van der Waals surface area (Å²) < 4.78 is 18.7. The molecule has 1 aromatic rings. The SMILES string of the molecule is COCC(O)CCNc1ccc(C#N)c(Br)c1F. The predicted molar refractivity (Wildman–Crippen MR) is 69.8 cm³/mol. The molecule has 6 heteroatoms. The van der Waals surface area contributed by atoms with Crippen molar-refractivity contribution >= 4 is 21.6 Å². The molecule has 0 spiro atoms. The van der Waals surface area contributed by atoms with Gasteiger partial charge in [-0.3, -0.25) is 0 Å². The molecule has 4 nitrogen and oxygen atoms in total. The predicted octanol–water partition coefficient (Wildman–Crippen LogP) is 2.27. The van der Waals surface area contributed by atoms with Crippen LogP contribution in [-0.2, 0) is 4.74 Å². The van der Waals surface area contributed by atoms with E-state index in [4.69, 9.17) is 10.00 Å². The molecule has 1 aromatic carbocycles. The lowest BCUT2D eigenvalue weighted by atomic mass is 10.2. The highest BCUT2D eigenvalue weighted by Crippen LogP contribution is 2.26. The van der Waals surface area contributed by atoms with Gasteiger partial charge in [-0.15, -0.1) is 0 Å². The molecular formula is C12H14BrFN2O2. The van der Waals surface area contributed by atoms with E-state index in [1.54, 1.807) is 0 Å². The van der Waals surface area contributed by atoms with E-state index in [1.165, 1.54) is 19.2 Å². The Kier molecular flexibility index (Phi) is 6.05. The fourth-order valence-electron chi connectivity index (χ4n) is 1.42. The van der Waals surface area contributed by atoms with Crippen LogP contribution in [0.3, 0.4) is 0 Å². The van der Waals surface area contributed by atoms with Crippen molar-refractivity contribution in [1.82, 2.24) is 0 Å². The summed E-state index contributed by atoms with van der Waals surface area (Å²) in [5, 5.41) is 21.0. The summed E-state index contributed by atoms with van der Waals surface area (Å²) in [7, 11) is 1.51. The van der Waals surface area contributed by atoms with E-state index in [2.05, 4.69) is 21.2 Å². The number of hydrogen-bond donors (Lipinski definition) is 2. The summed E-state index contributed by atoms with van der Waals surface area (Å²) in [5.74, 6) is -0.504. The van der Waals surface area contributed by atoms with Crippen LogP contribution in [0.25, 0.3) is 0 Å². The van der Waals surface area contributed by atoms with E-state index < -0.39 is 11.9 Å². The molecular weight excluding hydrogens is 303 g/mol. The lowest BCUT2D eigenvalue weighted by molar-refractivity contribution is 0.0615. The van der Waals surface area contributed by atoms with Crippen molar-refractivity contribution in [3.05, 3.63) is 28.0 Å². The average Bonchev–Trinajstić information content (AvgIpc) is 2.35. The van der Waals surface area contributed by atoms with Crippen molar-refractivity contribution in [1.29, 1.82) is 5.26 Å². The third-order valence-corrected chi connectivity index (χ3v) is 3.13. The van der Waals surface area contributed by atoms with E-state index in [-0.39, 0.29) is 16.6 Å². The molecule has 2 N–H and O–H groups in total. The van der Waals surface area contributed by atoms with Crippen LogP contribution < -0.4 is 5.32 Å². The zero-order valence-corrected chi connectivity index (χ0v) is 11.5. The van der Waals surface area contributed by atoms with Crippen LogP contribution in [0.1, 0.15) is 12.0 Å². The molecule has 0 aliphatic rings. The van der Waals surface area contributed by atoms with Gasteiger partial charge in [0.2, 0.25) is 0 Å². The van der Waals surface area contributed by atoms with Gasteiger partial charge < -0.3 is 15.2 Å². The Morgan fingerprint density at radius 3 is 2.94 bits per heavy atom. The zero-order chi connectivity index (χ0) is 13.5. The van der Waals surface area contributed by atoms with E-state index in [0.717, 1.165) is 0 Å². The van der Waals surface area contributed by atoms with Crippen molar-refractivity contribution in [3.63, 3.8) is 0 Å². The van der Waals surface area contributed by atoms with E-state index in [1.807, 2.05) is 6.07 Å². The molecule has 0 fully saturated rings. The Bertz CT molecular complexity index is 448. The molecule has 0 amide bonds. The molecule has 0 aliphatic carbocycles. The number of nitriles is 1. The quantitative estimate of drug-likeness (QED) is 0.845. The van der Waals surface area contributed by atoms with Crippen LogP contribution in [0.5, 0.6) is 0 Å². The molecule has 0 aliphatic heterocycles. The number of anilines is 1. The highest BCUT2D eigenvalue weighted by Gasteiger charge is 2.11. The van der Waals surface area contributed by atoms with Crippen LogP contribution in [0.15, 0.2) is 16.6 Å². The Labute approximate surface area is 114 Å². The molecule has 1 atom stereocenters. The molecule has 1 unspecified atom stereocenters. The minimum absolute atomic E-state index is 0.146. The molecule has 0 bridgehead atoms. The number of nitrogens with one attached hydrogen (secondary N) is 1. The Morgan fingerprint density at radius 1 is 1.61 bits per heavy atom. The molecule has 0 heterocycles. The summed E-state index contributed by atoms with van der Waals surface area (Å²) in [6, 6.07) is 4.91. The first-order valence-corrected chi connectivity index (χ1v) is 6.18. The number of hydrogen-bond acceptors (Lipinski definition) is 4. The van der Waals surface area contributed by atoms with E-state index in [0.29, 0.717) is 18.7 Å². The number of halogens is 2.